The first kappa shape index (κ1) is 19.0. The van der Waals surface area contributed by atoms with Gasteiger partial charge in [-0.1, -0.05) is 34.8 Å². The summed E-state index contributed by atoms with van der Waals surface area (Å²) < 4.78 is 6.29. The lowest BCUT2D eigenvalue weighted by Gasteiger charge is -2.11. The van der Waals surface area contributed by atoms with E-state index in [4.69, 9.17) is 27.9 Å². The SMILES string of the molecule is COc1cc(Cl)c(C)cc1NC(=O)c1cc2c(Cl)nc3ccc(C)cc3c2s1. The maximum atomic E-state index is 12.9. The van der Waals surface area contributed by atoms with E-state index in [9.17, 15) is 4.79 Å². The van der Waals surface area contributed by atoms with Crippen LogP contribution in [0.1, 0.15) is 20.8 Å². The summed E-state index contributed by atoms with van der Waals surface area (Å²) in [6, 6.07) is 11.3. The summed E-state index contributed by atoms with van der Waals surface area (Å²) in [5.41, 5.74) is 3.35. The number of aryl methyl sites for hydroxylation is 2. The van der Waals surface area contributed by atoms with Crippen molar-refractivity contribution in [2.45, 2.75) is 13.8 Å². The van der Waals surface area contributed by atoms with Gasteiger partial charge in [0.05, 0.1) is 23.2 Å². The molecule has 0 radical (unpaired) electrons. The number of carbonyl (C=O) groups excluding carboxylic acids is 1. The molecule has 1 amide bonds. The third-order valence-corrected chi connectivity index (χ3v) is 6.38. The summed E-state index contributed by atoms with van der Waals surface area (Å²) in [6.07, 6.45) is 0. The van der Waals surface area contributed by atoms with Crippen molar-refractivity contribution in [3.05, 3.63) is 62.6 Å². The van der Waals surface area contributed by atoms with Crippen molar-refractivity contribution in [1.29, 1.82) is 0 Å². The van der Waals surface area contributed by atoms with Crippen molar-refractivity contribution in [2.24, 2.45) is 0 Å². The molecule has 0 bridgehead atoms. The fourth-order valence-corrected chi connectivity index (χ4v) is 4.59. The van der Waals surface area contributed by atoms with Gasteiger partial charge < -0.3 is 10.1 Å². The van der Waals surface area contributed by atoms with Gasteiger partial charge in [0.15, 0.2) is 0 Å². The van der Waals surface area contributed by atoms with E-state index in [2.05, 4.69) is 16.4 Å². The number of pyridine rings is 1. The van der Waals surface area contributed by atoms with Gasteiger partial charge in [-0.05, 0) is 43.7 Å². The van der Waals surface area contributed by atoms with Crippen LogP contribution in [0.25, 0.3) is 21.0 Å². The summed E-state index contributed by atoms with van der Waals surface area (Å²) in [4.78, 5) is 17.9. The number of thiophene rings is 1. The Morgan fingerprint density at radius 1 is 1.11 bits per heavy atom. The fraction of sp³-hybridized carbons (Fsp3) is 0.143. The van der Waals surface area contributed by atoms with Crippen LogP contribution in [0.3, 0.4) is 0 Å². The molecule has 2 heterocycles. The minimum atomic E-state index is -0.238. The predicted molar refractivity (Wildman–Crippen MR) is 118 cm³/mol. The molecule has 0 aliphatic heterocycles. The number of fused-ring (bicyclic) bond motifs is 3. The van der Waals surface area contributed by atoms with E-state index in [-0.39, 0.29) is 5.91 Å². The molecule has 4 aromatic rings. The molecule has 0 spiro atoms. The van der Waals surface area contributed by atoms with Gasteiger partial charge in [0, 0.05) is 26.6 Å². The van der Waals surface area contributed by atoms with Gasteiger partial charge >= 0.3 is 0 Å². The van der Waals surface area contributed by atoms with Gasteiger partial charge in [0.2, 0.25) is 0 Å². The molecule has 0 saturated carbocycles. The van der Waals surface area contributed by atoms with Gasteiger partial charge in [0.1, 0.15) is 10.9 Å². The van der Waals surface area contributed by atoms with Gasteiger partial charge in [-0.3, -0.25) is 4.79 Å². The molecule has 0 fully saturated rings. The Morgan fingerprint density at radius 3 is 2.64 bits per heavy atom. The normalized spacial score (nSPS) is 11.2. The van der Waals surface area contributed by atoms with Crippen LogP contribution in [-0.4, -0.2) is 18.0 Å². The zero-order chi connectivity index (χ0) is 20.0. The van der Waals surface area contributed by atoms with Crippen LogP contribution in [0.15, 0.2) is 36.4 Å². The highest BCUT2D eigenvalue weighted by atomic mass is 35.5. The maximum absolute atomic E-state index is 12.9. The first-order valence-corrected chi connectivity index (χ1v) is 10.1. The maximum Gasteiger partial charge on any atom is 0.265 e. The lowest BCUT2D eigenvalue weighted by atomic mass is 10.1. The van der Waals surface area contributed by atoms with Gasteiger partial charge in [-0.2, -0.15) is 0 Å². The number of ether oxygens (including phenoxy) is 1. The number of anilines is 1. The number of methoxy groups -OCH3 is 1. The lowest BCUT2D eigenvalue weighted by molar-refractivity contribution is 0.103. The van der Waals surface area contributed by atoms with Crippen LogP contribution in [0.2, 0.25) is 10.2 Å². The number of nitrogens with one attached hydrogen (secondary N) is 1. The molecular weight excluding hydrogens is 415 g/mol. The third kappa shape index (κ3) is 3.30. The van der Waals surface area contributed by atoms with Crippen molar-refractivity contribution in [1.82, 2.24) is 4.98 Å². The second kappa shape index (κ2) is 7.24. The van der Waals surface area contributed by atoms with Crippen LogP contribution >= 0.6 is 34.5 Å². The topological polar surface area (TPSA) is 51.2 Å². The number of rotatable bonds is 3. The highest BCUT2D eigenvalue weighted by Gasteiger charge is 2.17. The number of halogens is 2. The monoisotopic (exact) mass is 430 g/mol. The zero-order valence-electron chi connectivity index (χ0n) is 15.4. The Balaban J connectivity index is 1.78. The van der Waals surface area contributed by atoms with Crippen molar-refractivity contribution in [2.75, 3.05) is 12.4 Å². The van der Waals surface area contributed by atoms with Crippen molar-refractivity contribution in [3.8, 4) is 5.75 Å². The van der Waals surface area contributed by atoms with Crippen LogP contribution in [0, 0.1) is 13.8 Å². The van der Waals surface area contributed by atoms with Crippen LogP contribution < -0.4 is 10.1 Å². The molecule has 4 nitrogen and oxygen atoms in total. The van der Waals surface area contributed by atoms with Gasteiger partial charge in [-0.25, -0.2) is 4.98 Å². The Kier molecular flexibility index (Phi) is 4.91. The van der Waals surface area contributed by atoms with Crippen LogP contribution in [0.4, 0.5) is 5.69 Å². The molecule has 0 aliphatic rings. The molecule has 1 N–H and O–H groups in total. The zero-order valence-corrected chi connectivity index (χ0v) is 17.7. The average molecular weight is 431 g/mol. The number of nitrogens with zero attached hydrogens (tertiary/aromatic N) is 1. The summed E-state index contributed by atoms with van der Waals surface area (Å²) in [5, 5.41) is 5.64. The van der Waals surface area contributed by atoms with Crippen LogP contribution in [-0.2, 0) is 0 Å². The minimum Gasteiger partial charge on any atom is -0.495 e. The second-order valence-electron chi connectivity index (χ2n) is 6.53. The summed E-state index contributed by atoms with van der Waals surface area (Å²) in [5.74, 6) is 0.268. The Labute approximate surface area is 176 Å². The van der Waals surface area contributed by atoms with Crippen molar-refractivity contribution < 1.29 is 9.53 Å². The first-order valence-electron chi connectivity index (χ1n) is 8.52. The molecule has 0 unspecified atom stereocenters. The van der Waals surface area contributed by atoms with Crippen molar-refractivity contribution in [3.63, 3.8) is 0 Å². The molecule has 4 rings (SSSR count). The molecule has 7 heteroatoms. The number of hydrogen-bond donors (Lipinski definition) is 1. The van der Waals surface area contributed by atoms with Gasteiger partial charge in [0.25, 0.3) is 5.91 Å². The summed E-state index contributed by atoms with van der Waals surface area (Å²) >= 11 is 13.9. The van der Waals surface area contributed by atoms with Crippen LogP contribution in [0.5, 0.6) is 5.75 Å². The molecule has 2 aromatic heterocycles. The number of aromatic nitrogens is 1. The number of benzene rings is 2. The highest BCUT2D eigenvalue weighted by molar-refractivity contribution is 7.22. The predicted octanol–water partition coefficient (Wildman–Crippen LogP) is 6.63. The molecule has 0 atom stereocenters. The molecule has 28 heavy (non-hydrogen) atoms. The van der Waals surface area contributed by atoms with E-state index in [0.29, 0.717) is 26.5 Å². The highest BCUT2D eigenvalue weighted by Crippen LogP contribution is 2.37. The standard InChI is InChI=1S/C21H16Cl2N2O2S/c1-10-4-5-15-12(6-10)19-13(20(23)24-15)8-18(28-19)21(26)25-16-7-11(2)14(22)9-17(16)27-3/h4-9H,1-3H3,(H,25,26). The van der Waals surface area contributed by atoms with E-state index < -0.39 is 0 Å². The quantitative estimate of drug-likeness (QED) is 0.370. The largest absolute Gasteiger partial charge is 0.495 e. The second-order valence-corrected chi connectivity index (χ2v) is 8.35. The molecular formula is C21H16Cl2N2O2S. The Morgan fingerprint density at radius 2 is 1.89 bits per heavy atom. The molecule has 142 valence electrons. The van der Waals surface area contributed by atoms with E-state index in [1.54, 1.807) is 18.2 Å². The number of amides is 1. The minimum absolute atomic E-state index is 0.238. The van der Waals surface area contributed by atoms with E-state index in [1.807, 2.05) is 26.0 Å². The third-order valence-electron chi connectivity index (χ3n) is 4.52. The van der Waals surface area contributed by atoms with E-state index in [1.165, 1.54) is 18.4 Å². The smallest absolute Gasteiger partial charge is 0.265 e. The number of carbonyl (C=O) groups is 1. The first-order chi connectivity index (χ1) is 13.4. The fourth-order valence-electron chi connectivity index (χ4n) is 3.07. The lowest BCUT2D eigenvalue weighted by Crippen LogP contribution is -2.11. The summed E-state index contributed by atoms with van der Waals surface area (Å²) in [7, 11) is 1.54. The average Bonchev–Trinajstić information content (AvgIpc) is 3.12. The summed E-state index contributed by atoms with van der Waals surface area (Å²) in [6.45, 7) is 3.90. The van der Waals surface area contributed by atoms with Crippen molar-refractivity contribution >= 4 is 67.1 Å². The number of hydrogen-bond acceptors (Lipinski definition) is 4. The Hall–Kier alpha value is -2.34. The molecule has 0 saturated heterocycles. The van der Waals surface area contributed by atoms with Gasteiger partial charge in [-0.15, -0.1) is 11.3 Å². The molecule has 0 aliphatic carbocycles. The molecule has 2 aromatic carbocycles. The van der Waals surface area contributed by atoms with E-state index >= 15 is 0 Å². The Bertz CT molecular complexity index is 1250. The van der Waals surface area contributed by atoms with E-state index in [0.717, 1.165) is 32.1 Å².